The Morgan fingerprint density at radius 2 is 2.04 bits per heavy atom. The van der Waals surface area contributed by atoms with Crippen molar-refractivity contribution in [2.75, 3.05) is 11.1 Å². The van der Waals surface area contributed by atoms with Crippen LogP contribution in [0.15, 0.2) is 53.5 Å². The lowest BCUT2D eigenvalue weighted by molar-refractivity contribution is -0.113. The first-order valence-corrected chi connectivity index (χ1v) is 9.17. The number of hydrogen-bond acceptors (Lipinski definition) is 4. The zero-order valence-corrected chi connectivity index (χ0v) is 15.1. The Morgan fingerprint density at radius 3 is 2.80 bits per heavy atom. The van der Waals surface area contributed by atoms with E-state index in [2.05, 4.69) is 10.3 Å². The number of thioether (sulfide) groups is 1. The van der Waals surface area contributed by atoms with Crippen molar-refractivity contribution in [2.45, 2.75) is 12.7 Å². The molecule has 7 heteroatoms. The van der Waals surface area contributed by atoms with E-state index in [4.69, 9.17) is 11.6 Å². The minimum atomic E-state index is -0.116. The molecular weight excluding hydrogens is 358 g/mol. The monoisotopic (exact) mass is 373 g/mol. The van der Waals surface area contributed by atoms with Gasteiger partial charge in [0.05, 0.1) is 11.4 Å². The van der Waals surface area contributed by atoms with Crippen LogP contribution in [0, 0.1) is 6.92 Å². The molecule has 2 aromatic heterocycles. The quantitative estimate of drug-likeness (QED) is 0.743. The molecule has 0 aliphatic rings. The molecule has 0 saturated heterocycles. The van der Waals surface area contributed by atoms with E-state index in [1.165, 1.54) is 22.2 Å². The Morgan fingerprint density at radius 1 is 1.28 bits per heavy atom. The fraction of sp³-hybridized carbons (Fsp3) is 0.167. The van der Waals surface area contributed by atoms with Crippen molar-refractivity contribution in [1.82, 2.24) is 9.38 Å². The number of fused-ring (bicyclic) bond motifs is 1. The molecule has 3 rings (SSSR count). The van der Waals surface area contributed by atoms with E-state index in [-0.39, 0.29) is 17.2 Å². The van der Waals surface area contributed by atoms with E-state index in [0.29, 0.717) is 27.8 Å². The summed E-state index contributed by atoms with van der Waals surface area (Å²) in [6, 6.07) is 12.2. The lowest BCUT2D eigenvalue weighted by atomic mass is 10.3. The smallest absolute Gasteiger partial charge is 0.258 e. The van der Waals surface area contributed by atoms with Crippen LogP contribution in [0.3, 0.4) is 0 Å². The number of hydrogen-bond donors (Lipinski definition) is 1. The number of anilines is 1. The number of aromatic nitrogens is 2. The zero-order valence-electron chi connectivity index (χ0n) is 13.5. The highest BCUT2D eigenvalue weighted by Gasteiger charge is 2.07. The number of pyridine rings is 1. The number of nitrogens with zero attached hydrogens (tertiary/aromatic N) is 2. The summed E-state index contributed by atoms with van der Waals surface area (Å²) in [5.41, 5.74) is 2.84. The first-order valence-electron chi connectivity index (χ1n) is 7.64. The molecule has 2 heterocycles. The van der Waals surface area contributed by atoms with Gasteiger partial charge in [0.2, 0.25) is 5.91 Å². The molecule has 0 radical (unpaired) electrons. The number of nitrogens with one attached hydrogen (secondary N) is 1. The SMILES string of the molecule is Cc1cccn2c(=O)cc(CSCC(=O)Nc3ccc(Cl)cc3)nc12. The van der Waals surface area contributed by atoms with Crippen LogP contribution in [0.25, 0.3) is 5.65 Å². The normalized spacial score (nSPS) is 10.8. The molecule has 0 atom stereocenters. The third-order valence-corrected chi connectivity index (χ3v) is 4.77. The summed E-state index contributed by atoms with van der Waals surface area (Å²) in [6.45, 7) is 1.91. The molecule has 25 heavy (non-hydrogen) atoms. The van der Waals surface area contributed by atoms with Crippen LogP contribution in [0.4, 0.5) is 5.69 Å². The van der Waals surface area contributed by atoms with Crippen LogP contribution >= 0.6 is 23.4 Å². The number of benzene rings is 1. The first kappa shape index (κ1) is 17.5. The molecule has 1 aromatic carbocycles. The number of carbonyl (C=O) groups is 1. The van der Waals surface area contributed by atoms with Gasteiger partial charge >= 0.3 is 0 Å². The lowest BCUT2D eigenvalue weighted by Crippen LogP contribution is -2.16. The maximum Gasteiger partial charge on any atom is 0.258 e. The Labute approximate surface area is 154 Å². The van der Waals surface area contributed by atoms with E-state index in [0.717, 1.165) is 5.56 Å². The fourth-order valence-electron chi connectivity index (χ4n) is 2.36. The Kier molecular flexibility index (Phi) is 5.40. The van der Waals surface area contributed by atoms with Crippen molar-refractivity contribution in [1.29, 1.82) is 0 Å². The Bertz CT molecular complexity index is 970. The van der Waals surface area contributed by atoms with Gasteiger partial charge in [-0.1, -0.05) is 17.7 Å². The topological polar surface area (TPSA) is 63.5 Å². The highest BCUT2D eigenvalue weighted by molar-refractivity contribution is 7.99. The third kappa shape index (κ3) is 4.41. The van der Waals surface area contributed by atoms with Crippen LogP contribution < -0.4 is 10.9 Å². The second-order valence-electron chi connectivity index (χ2n) is 5.52. The first-order chi connectivity index (χ1) is 12.0. The Balaban J connectivity index is 1.61. The number of amides is 1. The molecule has 1 N–H and O–H groups in total. The number of aryl methyl sites for hydroxylation is 1. The highest BCUT2D eigenvalue weighted by atomic mass is 35.5. The minimum absolute atomic E-state index is 0.110. The molecular formula is C18H16ClN3O2S. The predicted molar refractivity (Wildman–Crippen MR) is 102 cm³/mol. The highest BCUT2D eigenvalue weighted by Crippen LogP contribution is 2.15. The maximum absolute atomic E-state index is 12.1. The van der Waals surface area contributed by atoms with Crippen molar-refractivity contribution in [3.05, 3.63) is 75.3 Å². The summed E-state index contributed by atoms with van der Waals surface area (Å²) in [4.78, 5) is 28.6. The van der Waals surface area contributed by atoms with Gasteiger partial charge in [0, 0.05) is 28.7 Å². The van der Waals surface area contributed by atoms with Gasteiger partial charge in [0.1, 0.15) is 5.65 Å². The second kappa shape index (κ2) is 7.72. The Hall–Kier alpha value is -2.31. The molecule has 0 saturated carbocycles. The average Bonchev–Trinajstić information content (AvgIpc) is 2.58. The molecule has 0 fully saturated rings. The summed E-state index contributed by atoms with van der Waals surface area (Å²) in [6.07, 6.45) is 1.70. The lowest BCUT2D eigenvalue weighted by Gasteiger charge is -2.07. The molecule has 128 valence electrons. The van der Waals surface area contributed by atoms with Crippen LogP contribution in [0.2, 0.25) is 5.02 Å². The van der Waals surface area contributed by atoms with Crippen molar-refractivity contribution in [3.8, 4) is 0 Å². The van der Waals surface area contributed by atoms with Gasteiger partial charge in [-0.05, 0) is 42.8 Å². The van der Waals surface area contributed by atoms with Crippen LogP contribution in [-0.2, 0) is 10.5 Å². The van der Waals surface area contributed by atoms with Gasteiger partial charge in [-0.15, -0.1) is 11.8 Å². The van der Waals surface area contributed by atoms with Crippen LogP contribution in [-0.4, -0.2) is 21.0 Å². The van der Waals surface area contributed by atoms with Crippen molar-refractivity contribution < 1.29 is 4.79 Å². The van der Waals surface area contributed by atoms with Gasteiger partial charge in [-0.25, -0.2) is 4.98 Å². The zero-order chi connectivity index (χ0) is 17.8. The molecule has 5 nitrogen and oxygen atoms in total. The van der Waals surface area contributed by atoms with E-state index < -0.39 is 0 Å². The van der Waals surface area contributed by atoms with E-state index in [1.807, 2.05) is 19.1 Å². The van der Waals surface area contributed by atoms with Gasteiger partial charge in [-0.3, -0.25) is 14.0 Å². The molecule has 0 aliphatic carbocycles. The van der Waals surface area contributed by atoms with Crippen molar-refractivity contribution >= 4 is 40.6 Å². The van der Waals surface area contributed by atoms with Crippen molar-refractivity contribution in [2.24, 2.45) is 0 Å². The van der Waals surface area contributed by atoms with Gasteiger partial charge in [0.15, 0.2) is 0 Å². The third-order valence-electron chi connectivity index (χ3n) is 3.55. The van der Waals surface area contributed by atoms with Gasteiger partial charge in [0.25, 0.3) is 5.56 Å². The molecule has 0 bridgehead atoms. The largest absolute Gasteiger partial charge is 0.325 e. The summed E-state index contributed by atoms with van der Waals surface area (Å²) in [5, 5.41) is 3.42. The van der Waals surface area contributed by atoms with Gasteiger partial charge in [-0.2, -0.15) is 0 Å². The number of carbonyl (C=O) groups excluding carboxylic acids is 1. The van der Waals surface area contributed by atoms with Gasteiger partial charge < -0.3 is 5.32 Å². The second-order valence-corrected chi connectivity index (χ2v) is 6.94. The standard InChI is InChI=1S/C18H16ClN3O2S/c1-12-3-2-8-22-17(24)9-15(21-18(12)22)10-25-11-16(23)20-14-6-4-13(19)5-7-14/h2-9H,10-11H2,1H3,(H,20,23). The fourth-order valence-corrected chi connectivity index (χ4v) is 3.20. The molecule has 0 spiro atoms. The maximum atomic E-state index is 12.1. The van der Waals surface area contributed by atoms with E-state index in [1.54, 1.807) is 30.5 Å². The van der Waals surface area contributed by atoms with E-state index >= 15 is 0 Å². The summed E-state index contributed by atoms with van der Waals surface area (Å²) >= 11 is 7.23. The van der Waals surface area contributed by atoms with Crippen LogP contribution in [0.1, 0.15) is 11.3 Å². The van der Waals surface area contributed by atoms with E-state index in [9.17, 15) is 9.59 Å². The molecule has 0 unspecified atom stereocenters. The summed E-state index contributed by atoms with van der Waals surface area (Å²) < 4.78 is 1.52. The van der Waals surface area contributed by atoms with Crippen molar-refractivity contribution in [3.63, 3.8) is 0 Å². The molecule has 3 aromatic rings. The average molecular weight is 374 g/mol. The molecule has 0 aliphatic heterocycles. The predicted octanol–water partition coefficient (Wildman–Crippen LogP) is 3.53. The van der Waals surface area contributed by atoms with Crippen LogP contribution in [0.5, 0.6) is 0 Å². The number of rotatable bonds is 5. The minimum Gasteiger partial charge on any atom is -0.325 e. The summed E-state index contributed by atoms with van der Waals surface area (Å²) in [5.74, 6) is 0.659. The number of halogens is 1. The summed E-state index contributed by atoms with van der Waals surface area (Å²) in [7, 11) is 0. The molecule has 1 amide bonds.